The second-order valence-corrected chi connectivity index (χ2v) is 6.86. The first-order valence-corrected chi connectivity index (χ1v) is 8.80. The van der Waals surface area contributed by atoms with E-state index in [9.17, 15) is 4.79 Å². The number of hydrogen-bond acceptors (Lipinski definition) is 4. The SMILES string of the molecule is Cc1c(C(=O)Nc2cc3c(cc2Br)OCCO3)oc2c(Cl)cccc12. The third kappa shape index (κ3) is 2.85. The van der Waals surface area contributed by atoms with E-state index in [1.54, 1.807) is 18.2 Å². The van der Waals surface area contributed by atoms with Gasteiger partial charge in [-0.3, -0.25) is 4.79 Å². The molecule has 0 bridgehead atoms. The van der Waals surface area contributed by atoms with Crippen LogP contribution in [0.25, 0.3) is 11.0 Å². The molecule has 0 radical (unpaired) electrons. The van der Waals surface area contributed by atoms with Gasteiger partial charge >= 0.3 is 0 Å². The van der Waals surface area contributed by atoms with Crippen molar-refractivity contribution in [3.8, 4) is 11.5 Å². The summed E-state index contributed by atoms with van der Waals surface area (Å²) in [5.74, 6) is 1.10. The largest absolute Gasteiger partial charge is 0.486 e. The van der Waals surface area contributed by atoms with Crippen LogP contribution in [-0.4, -0.2) is 19.1 Å². The van der Waals surface area contributed by atoms with Crippen LogP contribution in [-0.2, 0) is 0 Å². The number of amides is 1. The van der Waals surface area contributed by atoms with E-state index in [4.69, 9.17) is 25.5 Å². The molecule has 0 fully saturated rings. The van der Waals surface area contributed by atoms with Crippen LogP contribution < -0.4 is 14.8 Å². The van der Waals surface area contributed by atoms with Crippen molar-refractivity contribution in [1.82, 2.24) is 0 Å². The summed E-state index contributed by atoms with van der Waals surface area (Å²) in [6.07, 6.45) is 0. The van der Waals surface area contributed by atoms with Crippen molar-refractivity contribution in [1.29, 1.82) is 0 Å². The molecule has 0 aliphatic carbocycles. The predicted molar refractivity (Wildman–Crippen MR) is 99.0 cm³/mol. The minimum absolute atomic E-state index is 0.227. The summed E-state index contributed by atoms with van der Waals surface area (Å²) in [6, 6.07) is 8.92. The lowest BCUT2D eigenvalue weighted by Crippen LogP contribution is -2.17. The highest BCUT2D eigenvalue weighted by Crippen LogP contribution is 2.38. The second-order valence-electron chi connectivity index (χ2n) is 5.60. The molecule has 0 spiro atoms. The maximum absolute atomic E-state index is 12.7. The van der Waals surface area contributed by atoms with Gasteiger partial charge in [-0.1, -0.05) is 23.7 Å². The Morgan fingerprint density at radius 3 is 2.64 bits per heavy atom. The number of benzene rings is 2. The molecular formula is C18H13BrClNO4. The van der Waals surface area contributed by atoms with Crippen LogP contribution in [0.2, 0.25) is 5.02 Å². The van der Waals surface area contributed by atoms with E-state index >= 15 is 0 Å². The second kappa shape index (κ2) is 6.28. The first kappa shape index (κ1) is 16.3. The van der Waals surface area contributed by atoms with Gasteiger partial charge in [0.05, 0.1) is 10.7 Å². The van der Waals surface area contributed by atoms with Gasteiger partial charge in [0.1, 0.15) is 13.2 Å². The maximum atomic E-state index is 12.7. The number of anilines is 1. The standard InChI is InChI=1S/C18H13BrClNO4/c1-9-10-3-2-4-12(20)17(10)25-16(9)18(22)21-13-8-15-14(7-11(13)19)23-5-6-24-15/h2-4,7-8H,5-6H2,1H3,(H,21,22). The molecule has 2 heterocycles. The van der Waals surface area contributed by atoms with Crippen LogP contribution in [0.4, 0.5) is 5.69 Å². The van der Waals surface area contributed by atoms with Gasteiger partial charge in [-0.2, -0.15) is 0 Å². The number of aryl methyl sites for hydroxylation is 1. The van der Waals surface area contributed by atoms with E-state index < -0.39 is 0 Å². The average molecular weight is 423 g/mol. The summed E-state index contributed by atoms with van der Waals surface area (Å²) >= 11 is 9.59. The number of halogens is 2. The van der Waals surface area contributed by atoms with E-state index in [-0.39, 0.29) is 11.7 Å². The fourth-order valence-electron chi connectivity index (χ4n) is 2.76. The summed E-state index contributed by atoms with van der Waals surface area (Å²) in [4.78, 5) is 12.7. The molecule has 1 aliphatic heterocycles. The van der Waals surface area contributed by atoms with Gasteiger partial charge in [-0.05, 0) is 28.9 Å². The Kier molecular flexibility index (Phi) is 4.09. The van der Waals surface area contributed by atoms with Gasteiger partial charge in [0, 0.05) is 27.6 Å². The molecule has 25 heavy (non-hydrogen) atoms. The van der Waals surface area contributed by atoms with Crippen molar-refractivity contribution < 1.29 is 18.7 Å². The van der Waals surface area contributed by atoms with Crippen LogP contribution in [0.15, 0.2) is 39.2 Å². The zero-order valence-electron chi connectivity index (χ0n) is 13.2. The zero-order valence-corrected chi connectivity index (χ0v) is 15.5. The Balaban J connectivity index is 1.69. The summed E-state index contributed by atoms with van der Waals surface area (Å²) in [5.41, 5.74) is 1.82. The van der Waals surface area contributed by atoms with Gasteiger partial charge in [0.25, 0.3) is 5.91 Å². The molecule has 3 aromatic rings. The Morgan fingerprint density at radius 2 is 1.92 bits per heavy atom. The van der Waals surface area contributed by atoms with Gasteiger partial charge in [0.15, 0.2) is 22.8 Å². The van der Waals surface area contributed by atoms with Crippen molar-refractivity contribution in [2.45, 2.75) is 6.92 Å². The molecule has 0 saturated heterocycles. The summed E-state index contributed by atoms with van der Waals surface area (Å²) in [5, 5.41) is 4.13. The number of fused-ring (bicyclic) bond motifs is 2. The number of rotatable bonds is 2. The lowest BCUT2D eigenvalue weighted by atomic mass is 10.1. The van der Waals surface area contributed by atoms with Crippen LogP contribution >= 0.6 is 27.5 Å². The summed E-state index contributed by atoms with van der Waals surface area (Å²) in [6.45, 7) is 2.81. The van der Waals surface area contributed by atoms with Gasteiger partial charge < -0.3 is 19.2 Å². The topological polar surface area (TPSA) is 60.7 Å². The third-order valence-electron chi connectivity index (χ3n) is 4.00. The molecule has 0 atom stereocenters. The monoisotopic (exact) mass is 421 g/mol. The van der Waals surface area contributed by atoms with Crippen molar-refractivity contribution in [3.05, 3.63) is 51.2 Å². The molecule has 1 aliphatic rings. The van der Waals surface area contributed by atoms with Crippen LogP contribution in [0.5, 0.6) is 11.5 Å². The molecule has 0 saturated carbocycles. The van der Waals surface area contributed by atoms with E-state index in [1.165, 1.54) is 0 Å². The normalized spacial score (nSPS) is 13.1. The van der Waals surface area contributed by atoms with E-state index in [0.717, 1.165) is 10.9 Å². The maximum Gasteiger partial charge on any atom is 0.291 e. The number of hydrogen-bond donors (Lipinski definition) is 1. The molecule has 2 aromatic carbocycles. The molecule has 7 heteroatoms. The highest BCUT2D eigenvalue weighted by atomic mass is 79.9. The van der Waals surface area contributed by atoms with E-state index in [2.05, 4.69) is 21.2 Å². The van der Waals surface area contributed by atoms with Crippen molar-refractivity contribution in [3.63, 3.8) is 0 Å². The highest BCUT2D eigenvalue weighted by Gasteiger charge is 2.21. The molecular weight excluding hydrogens is 410 g/mol. The lowest BCUT2D eigenvalue weighted by Gasteiger charge is -2.20. The Bertz CT molecular complexity index is 998. The minimum atomic E-state index is -0.359. The first-order chi connectivity index (χ1) is 12.0. The Hall–Kier alpha value is -2.18. The average Bonchev–Trinajstić information content (AvgIpc) is 2.94. The molecule has 1 aromatic heterocycles. The highest BCUT2D eigenvalue weighted by molar-refractivity contribution is 9.10. The number of carbonyl (C=O) groups excluding carboxylic acids is 1. The first-order valence-electron chi connectivity index (χ1n) is 7.62. The molecule has 5 nitrogen and oxygen atoms in total. The van der Waals surface area contributed by atoms with Crippen LogP contribution in [0, 0.1) is 6.92 Å². The Labute approximate surface area is 157 Å². The number of carbonyl (C=O) groups is 1. The van der Waals surface area contributed by atoms with Crippen LogP contribution in [0.1, 0.15) is 16.1 Å². The number of ether oxygens (including phenoxy) is 2. The Morgan fingerprint density at radius 1 is 1.20 bits per heavy atom. The molecule has 4 rings (SSSR count). The fraction of sp³-hybridized carbons (Fsp3) is 0.167. The molecule has 0 unspecified atom stereocenters. The van der Waals surface area contributed by atoms with Crippen molar-refractivity contribution in [2.75, 3.05) is 18.5 Å². The predicted octanol–water partition coefficient (Wildman–Crippen LogP) is 5.18. The van der Waals surface area contributed by atoms with Crippen LogP contribution in [0.3, 0.4) is 0 Å². The quantitative estimate of drug-likeness (QED) is 0.618. The van der Waals surface area contributed by atoms with Gasteiger partial charge in [0.2, 0.25) is 0 Å². The van der Waals surface area contributed by atoms with E-state index in [1.807, 2.05) is 19.1 Å². The fourth-order valence-corrected chi connectivity index (χ4v) is 3.40. The van der Waals surface area contributed by atoms with Gasteiger partial charge in [-0.25, -0.2) is 0 Å². The third-order valence-corrected chi connectivity index (χ3v) is 4.96. The van der Waals surface area contributed by atoms with Gasteiger partial charge in [-0.15, -0.1) is 0 Å². The smallest absolute Gasteiger partial charge is 0.291 e. The van der Waals surface area contributed by atoms with E-state index in [0.29, 0.717) is 45.5 Å². The minimum Gasteiger partial charge on any atom is -0.486 e. The molecule has 1 amide bonds. The summed E-state index contributed by atoms with van der Waals surface area (Å²) in [7, 11) is 0. The number of furan rings is 1. The zero-order chi connectivity index (χ0) is 17.6. The molecule has 128 valence electrons. The molecule has 1 N–H and O–H groups in total. The number of nitrogens with one attached hydrogen (secondary N) is 1. The summed E-state index contributed by atoms with van der Waals surface area (Å²) < 4.78 is 17.5. The van der Waals surface area contributed by atoms with Crippen molar-refractivity contribution >= 4 is 50.1 Å². The lowest BCUT2D eigenvalue weighted by molar-refractivity contribution is 0.0997. The number of para-hydroxylation sites is 1. The van der Waals surface area contributed by atoms with Crippen molar-refractivity contribution in [2.24, 2.45) is 0 Å².